The molecule has 0 rings (SSSR count). The van der Waals surface area contributed by atoms with Crippen molar-refractivity contribution >= 4 is 18.5 Å². The van der Waals surface area contributed by atoms with Gasteiger partial charge in [-0.15, -0.1) is 0 Å². The number of hydrogen-bond donors (Lipinski definition) is 2. The van der Waals surface area contributed by atoms with E-state index in [0.29, 0.717) is 0 Å². The smallest absolute Gasteiger partial charge is 0.322 e. The minimum atomic E-state index is -3.39. The van der Waals surface area contributed by atoms with Crippen LogP contribution >= 0.6 is 6.72 Å². The Morgan fingerprint density at radius 1 is 1.50 bits per heavy atom. The topological polar surface area (TPSA) is 49.7 Å². The first-order valence-electron chi connectivity index (χ1n) is 2.16. The minimum absolute atomic E-state index is 0.212. The SMILES string of the molecule is CC(C)OP(O)(O)=S. The summed E-state index contributed by atoms with van der Waals surface area (Å²) in [6, 6.07) is 0. The van der Waals surface area contributed by atoms with Crippen LogP contribution in [0.1, 0.15) is 13.8 Å². The van der Waals surface area contributed by atoms with Gasteiger partial charge in [-0.2, -0.15) is 0 Å². The first-order chi connectivity index (χ1) is 3.42. The van der Waals surface area contributed by atoms with Gasteiger partial charge in [0.15, 0.2) is 0 Å². The van der Waals surface area contributed by atoms with Crippen molar-refractivity contribution in [3.8, 4) is 0 Å². The third-order valence-electron chi connectivity index (χ3n) is 0.348. The van der Waals surface area contributed by atoms with E-state index in [1.54, 1.807) is 13.8 Å². The Morgan fingerprint density at radius 2 is 1.88 bits per heavy atom. The highest BCUT2D eigenvalue weighted by Gasteiger charge is 2.08. The molecule has 2 N–H and O–H groups in total. The molecule has 0 amide bonds. The molecule has 8 heavy (non-hydrogen) atoms. The summed E-state index contributed by atoms with van der Waals surface area (Å²) in [4.78, 5) is 16.9. The Hall–Kier alpha value is 0.530. The third-order valence-corrected chi connectivity index (χ3v) is 1.30. The van der Waals surface area contributed by atoms with Gasteiger partial charge in [-0.05, 0) is 25.7 Å². The van der Waals surface area contributed by atoms with Crippen LogP contribution < -0.4 is 0 Å². The summed E-state index contributed by atoms with van der Waals surface area (Å²) >= 11 is 4.16. The molecule has 3 nitrogen and oxygen atoms in total. The summed E-state index contributed by atoms with van der Waals surface area (Å²) in [5, 5.41) is 0. The van der Waals surface area contributed by atoms with E-state index in [0.717, 1.165) is 0 Å². The normalized spacial score (nSPS) is 12.6. The molecule has 0 bridgehead atoms. The van der Waals surface area contributed by atoms with Gasteiger partial charge < -0.3 is 14.3 Å². The molecule has 0 spiro atoms. The zero-order chi connectivity index (χ0) is 6.78. The van der Waals surface area contributed by atoms with E-state index in [4.69, 9.17) is 9.79 Å². The number of rotatable bonds is 2. The van der Waals surface area contributed by atoms with Crippen LogP contribution in [0, 0.1) is 0 Å². The molecule has 0 saturated carbocycles. The van der Waals surface area contributed by atoms with Gasteiger partial charge in [-0.1, -0.05) is 0 Å². The van der Waals surface area contributed by atoms with Crippen LogP contribution in [0.4, 0.5) is 0 Å². The molecule has 0 aliphatic carbocycles. The van der Waals surface area contributed by atoms with E-state index in [1.165, 1.54) is 0 Å². The van der Waals surface area contributed by atoms with Crippen LogP contribution in [0.2, 0.25) is 0 Å². The predicted molar refractivity (Wildman–Crippen MR) is 34.9 cm³/mol. The van der Waals surface area contributed by atoms with E-state index in [9.17, 15) is 0 Å². The van der Waals surface area contributed by atoms with E-state index in [-0.39, 0.29) is 6.10 Å². The zero-order valence-electron chi connectivity index (χ0n) is 4.74. The van der Waals surface area contributed by atoms with E-state index < -0.39 is 6.72 Å². The molecule has 0 atom stereocenters. The summed E-state index contributed by atoms with van der Waals surface area (Å²) in [7, 11) is 0. The monoisotopic (exact) mass is 156 g/mol. The molecule has 0 aromatic carbocycles. The maximum absolute atomic E-state index is 8.45. The minimum Gasteiger partial charge on any atom is -0.325 e. The average Bonchev–Trinajstić information content (AvgIpc) is 1.21. The van der Waals surface area contributed by atoms with Gasteiger partial charge in [0.2, 0.25) is 0 Å². The second-order valence-corrected chi connectivity index (χ2v) is 4.26. The van der Waals surface area contributed by atoms with Crippen LogP contribution in [-0.4, -0.2) is 15.9 Å². The fourth-order valence-electron chi connectivity index (χ4n) is 0.275. The van der Waals surface area contributed by atoms with Gasteiger partial charge in [-0.3, -0.25) is 0 Å². The standard InChI is InChI=1S/C3H9O3PS/c1-3(2)6-7(4,5)8/h3H,1-2H3,(H2,4,5,8). The van der Waals surface area contributed by atoms with Crippen molar-refractivity contribution in [3.05, 3.63) is 0 Å². The van der Waals surface area contributed by atoms with Crippen molar-refractivity contribution < 1.29 is 14.3 Å². The lowest BCUT2D eigenvalue weighted by atomic mass is 10.5. The maximum atomic E-state index is 8.45. The molecule has 0 aromatic heterocycles. The Bertz CT molecular complexity index is 107. The van der Waals surface area contributed by atoms with Gasteiger partial charge in [0.05, 0.1) is 6.10 Å². The number of hydrogen-bond acceptors (Lipinski definition) is 2. The van der Waals surface area contributed by atoms with E-state index in [2.05, 4.69) is 16.3 Å². The fourth-order valence-corrected chi connectivity index (χ4v) is 1.34. The lowest BCUT2D eigenvalue weighted by Crippen LogP contribution is -1.98. The summed E-state index contributed by atoms with van der Waals surface area (Å²) in [5.74, 6) is 0. The molecule has 50 valence electrons. The first kappa shape index (κ1) is 8.53. The Balaban J connectivity index is 3.56. The van der Waals surface area contributed by atoms with Gasteiger partial charge in [0.1, 0.15) is 0 Å². The van der Waals surface area contributed by atoms with Crippen LogP contribution in [-0.2, 0) is 16.3 Å². The van der Waals surface area contributed by atoms with E-state index >= 15 is 0 Å². The molecule has 0 fully saturated rings. The molecule has 0 heterocycles. The Morgan fingerprint density at radius 3 is 1.88 bits per heavy atom. The predicted octanol–water partition coefficient (Wildman–Crippen LogP) is 0.620. The van der Waals surface area contributed by atoms with Gasteiger partial charge in [-0.25, -0.2) is 0 Å². The van der Waals surface area contributed by atoms with Crippen molar-refractivity contribution in [2.45, 2.75) is 20.0 Å². The molecule has 0 aromatic rings. The molecular formula is C3H9O3PS. The van der Waals surface area contributed by atoms with Crippen LogP contribution in [0.5, 0.6) is 0 Å². The Labute approximate surface area is 53.6 Å². The summed E-state index contributed by atoms with van der Waals surface area (Å²) in [6.07, 6.45) is -0.212. The van der Waals surface area contributed by atoms with Crippen LogP contribution in [0.15, 0.2) is 0 Å². The largest absolute Gasteiger partial charge is 0.325 e. The van der Waals surface area contributed by atoms with Crippen molar-refractivity contribution in [2.24, 2.45) is 0 Å². The highest BCUT2D eigenvalue weighted by Crippen LogP contribution is 2.37. The van der Waals surface area contributed by atoms with Crippen LogP contribution in [0.3, 0.4) is 0 Å². The Kier molecular flexibility index (Phi) is 3.09. The molecule has 0 aliphatic rings. The molecule has 0 unspecified atom stereocenters. The summed E-state index contributed by atoms with van der Waals surface area (Å²) < 4.78 is 4.47. The van der Waals surface area contributed by atoms with Gasteiger partial charge in [0.25, 0.3) is 0 Å². The zero-order valence-corrected chi connectivity index (χ0v) is 6.45. The molecule has 0 aliphatic heterocycles. The molecule has 5 heteroatoms. The van der Waals surface area contributed by atoms with Gasteiger partial charge >= 0.3 is 6.72 Å². The van der Waals surface area contributed by atoms with Crippen molar-refractivity contribution in [1.29, 1.82) is 0 Å². The lowest BCUT2D eigenvalue weighted by molar-refractivity contribution is 0.198. The maximum Gasteiger partial charge on any atom is 0.322 e. The lowest BCUT2D eigenvalue weighted by Gasteiger charge is -2.10. The molecule has 0 saturated heterocycles. The highest BCUT2D eigenvalue weighted by atomic mass is 32.5. The average molecular weight is 156 g/mol. The second-order valence-electron chi connectivity index (χ2n) is 1.64. The summed E-state index contributed by atoms with van der Waals surface area (Å²) in [6.45, 7) is -0.0125. The van der Waals surface area contributed by atoms with Gasteiger partial charge in [0, 0.05) is 0 Å². The van der Waals surface area contributed by atoms with Crippen molar-refractivity contribution in [3.63, 3.8) is 0 Å². The highest BCUT2D eigenvalue weighted by molar-refractivity contribution is 8.06. The molecular weight excluding hydrogens is 147 g/mol. The van der Waals surface area contributed by atoms with E-state index in [1.807, 2.05) is 0 Å². The quantitative estimate of drug-likeness (QED) is 0.575. The van der Waals surface area contributed by atoms with Crippen LogP contribution in [0.25, 0.3) is 0 Å². The second kappa shape index (κ2) is 2.90. The summed E-state index contributed by atoms with van der Waals surface area (Å²) in [5.41, 5.74) is 0. The first-order valence-corrected chi connectivity index (χ1v) is 4.78. The molecule has 0 radical (unpaired) electrons. The van der Waals surface area contributed by atoms with Crippen molar-refractivity contribution in [1.82, 2.24) is 0 Å². The third kappa shape index (κ3) is 6.53. The van der Waals surface area contributed by atoms with Crippen molar-refractivity contribution in [2.75, 3.05) is 0 Å². The fraction of sp³-hybridized carbons (Fsp3) is 1.00.